The first kappa shape index (κ1) is 50.7. The molecule has 1 fully saturated rings. The van der Waals surface area contributed by atoms with Gasteiger partial charge in [-0.1, -0.05) is 23.7 Å². The Morgan fingerprint density at radius 1 is 0.965 bits per heavy atom. The molecule has 3 rings (SSSR count). The average molecular weight is 841 g/mol. The minimum absolute atomic E-state index is 0. The van der Waals surface area contributed by atoms with Crippen molar-refractivity contribution < 1.29 is 54.3 Å². The molecule has 1 heterocycles. The van der Waals surface area contributed by atoms with Crippen molar-refractivity contribution in [1.82, 2.24) is 20.4 Å². The Bertz CT molecular complexity index is 1580. The monoisotopic (exact) mass is 840 g/mol. The van der Waals surface area contributed by atoms with E-state index >= 15 is 0 Å². The SMILES string of the molecule is CCOC(=O)CNC(=O)C(SCCNC(=O)CC[C@@H](N)C(=O)O)C(=O)N(CCOC(C)C)c1ccc(C(=O)N2CCN(CCc3ccc(Cl)cc3)CC2)cc1.O.O. The maximum atomic E-state index is 14.2. The number of hydrogen-bond donors (Lipinski definition) is 4. The number of carbonyl (C=O) groups is 6. The average Bonchev–Trinajstić information content (AvgIpc) is 3.17. The maximum Gasteiger partial charge on any atom is 0.325 e. The largest absolute Gasteiger partial charge is 0.480 e. The van der Waals surface area contributed by atoms with Crippen LogP contribution >= 0.6 is 23.4 Å². The number of nitrogens with two attached hydrogens (primary N) is 1. The van der Waals surface area contributed by atoms with Crippen molar-refractivity contribution in [3.8, 4) is 0 Å². The van der Waals surface area contributed by atoms with E-state index in [0.717, 1.165) is 37.8 Å². The Balaban J connectivity index is 0.00000812. The van der Waals surface area contributed by atoms with Gasteiger partial charge in [0.1, 0.15) is 12.6 Å². The molecule has 2 aromatic carbocycles. The molecule has 2 atom stereocenters. The minimum atomic E-state index is -1.33. The highest BCUT2D eigenvalue weighted by molar-refractivity contribution is 8.01. The van der Waals surface area contributed by atoms with Crippen molar-refractivity contribution in [1.29, 1.82) is 0 Å². The predicted octanol–water partition coefficient (Wildman–Crippen LogP) is 0.539. The van der Waals surface area contributed by atoms with Crippen LogP contribution in [0.25, 0.3) is 0 Å². The summed E-state index contributed by atoms with van der Waals surface area (Å²) in [4.78, 5) is 81.8. The van der Waals surface area contributed by atoms with Gasteiger partial charge >= 0.3 is 11.9 Å². The van der Waals surface area contributed by atoms with Crippen molar-refractivity contribution >= 4 is 64.6 Å². The van der Waals surface area contributed by atoms with Crippen LogP contribution in [0.3, 0.4) is 0 Å². The molecule has 0 aromatic heterocycles. The highest BCUT2D eigenvalue weighted by Crippen LogP contribution is 2.23. The van der Waals surface area contributed by atoms with Crippen LogP contribution in [0.15, 0.2) is 48.5 Å². The van der Waals surface area contributed by atoms with E-state index in [4.69, 9.17) is 31.9 Å². The van der Waals surface area contributed by atoms with Crippen molar-refractivity contribution in [2.75, 3.05) is 76.2 Å². The molecule has 1 aliphatic heterocycles. The third-order valence-corrected chi connectivity index (χ3v) is 10.1. The fourth-order valence-electron chi connectivity index (χ4n) is 5.56. The zero-order valence-electron chi connectivity index (χ0n) is 32.7. The number of rotatable bonds is 22. The second-order valence-electron chi connectivity index (χ2n) is 13.1. The Labute approximate surface area is 342 Å². The van der Waals surface area contributed by atoms with E-state index in [1.54, 1.807) is 31.2 Å². The van der Waals surface area contributed by atoms with Crippen LogP contribution < -0.4 is 21.3 Å². The van der Waals surface area contributed by atoms with Gasteiger partial charge < -0.3 is 51.7 Å². The lowest BCUT2D eigenvalue weighted by Crippen LogP contribution is -2.49. The molecule has 1 saturated heterocycles. The quantitative estimate of drug-likeness (QED) is 0.0720. The van der Waals surface area contributed by atoms with Crippen LogP contribution in [0.4, 0.5) is 5.69 Å². The van der Waals surface area contributed by atoms with Crippen LogP contribution in [0, 0.1) is 0 Å². The molecule has 9 N–H and O–H groups in total. The Morgan fingerprint density at radius 3 is 2.21 bits per heavy atom. The zero-order chi connectivity index (χ0) is 40.3. The first-order valence-corrected chi connectivity index (χ1v) is 19.8. The summed E-state index contributed by atoms with van der Waals surface area (Å²) >= 11 is 6.97. The number of nitrogens with one attached hydrogen (secondary N) is 2. The van der Waals surface area contributed by atoms with Crippen LogP contribution in [-0.2, 0) is 39.9 Å². The van der Waals surface area contributed by atoms with Gasteiger partial charge in [0.2, 0.25) is 17.7 Å². The van der Waals surface area contributed by atoms with E-state index in [9.17, 15) is 28.8 Å². The van der Waals surface area contributed by atoms with Crippen LogP contribution in [-0.4, -0.2) is 150 Å². The van der Waals surface area contributed by atoms with Gasteiger partial charge in [-0.05, 0) is 75.6 Å². The van der Waals surface area contributed by atoms with Gasteiger partial charge in [0.15, 0.2) is 5.25 Å². The molecular formula is C38H57ClN6O11S. The third-order valence-electron chi connectivity index (χ3n) is 8.63. The number of carbonyl (C=O) groups excluding carboxylic acids is 5. The summed E-state index contributed by atoms with van der Waals surface area (Å²) in [5, 5.41) is 13.4. The number of benzene rings is 2. The van der Waals surface area contributed by atoms with Gasteiger partial charge in [-0.3, -0.25) is 33.7 Å². The molecule has 0 bridgehead atoms. The number of ether oxygens (including phenoxy) is 2. The summed E-state index contributed by atoms with van der Waals surface area (Å²) in [6.07, 6.45) is 0.607. The molecular weight excluding hydrogens is 784 g/mol. The number of carboxylic acids is 1. The number of anilines is 1. The lowest BCUT2D eigenvalue weighted by atomic mass is 10.1. The van der Waals surface area contributed by atoms with Gasteiger partial charge in [0.05, 0.1) is 19.3 Å². The first-order valence-electron chi connectivity index (χ1n) is 18.4. The predicted molar refractivity (Wildman–Crippen MR) is 218 cm³/mol. The molecule has 2 aromatic rings. The Hall–Kier alpha value is -4.30. The van der Waals surface area contributed by atoms with E-state index in [0.29, 0.717) is 29.4 Å². The molecule has 57 heavy (non-hydrogen) atoms. The fraction of sp³-hybridized carbons (Fsp3) is 0.526. The number of nitrogens with zero attached hydrogens (tertiary/aromatic N) is 3. The first-order chi connectivity index (χ1) is 26.3. The number of piperazine rings is 1. The second-order valence-corrected chi connectivity index (χ2v) is 14.7. The van der Waals surface area contributed by atoms with Gasteiger partial charge in [-0.15, -0.1) is 11.8 Å². The molecule has 17 nitrogen and oxygen atoms in total. The van der Waals surface area contributed by atoms with Gasteiger partial charge in [-0.2, -0.15) is 0 Å². The van der Waals surface area contributed by atoms with Crippen molar-refractivity contribution in [2.24, 2.45) is 5.73 Å². The summed E-state index contributed by atoms with van der Waals surface area (Å²) in [5.41, 5.74) is 7.58. The molecule has 0 radical (unpaired) electrons. The van der Waals surface area contributed by atoms with Crippen molar-refractivity contribution in [3.63, 3.8) is 0 Å². The molecule has 1 aliphatic rings. The number of amides is 4. The molecule has 19 heteroatoms. The second kappa shape index (κ2) is 26.6. The van der Waals surface area contributed by atoms with Gasteiger partial charge in [-0.25, -0.2) is 0 Å². The third kappa shape index (κ3) is 17.8. The number of thioether (sulfide) groups is 1. The minimum Gasteiger partial charge on any atom is -0.480 e. The molecule has 0 spiro atoms. The van der Waals surface area contributed by atoms with E-state index in [1.807, 2.05) is 43.0 Å². The molecule has 0 aliphatic carbocycles. The summed E-state index contributed by atoms with van der Waals surface area (Å²) in [6.45, 7) is 8.86. The lowest BCUT2D eigenvalue weighted by Gasteiger charge is -2.35. The van der Waals surface area contributed by atoms with E-state index in [1.165, 1.54) is 10.5 Å². The highest BCUT2D eigenvalue weighted by Gasteiger charge is 2.33. The van der Waals surface area contributed by atoms with Crippen molar-refractivity contribution in [3.05, 3.63) is 64.7 Å². The summed E-state index contributed by atoms with van der Waals surface area (Å²) in [5.74, 6) is -3.60. The topological polar surface area (TPSA) is 264 Å². The lowest BCUT2D eigenvalue weighted by molar-refractivity contribution is -0.143. The standard InChI is InChI=1S/C38H53ClN6O9S.2H2O/c1-4-53-33(47)25-42-35(48)34(55-24-16-41-32(46)14-13-31(40)38(51)52)37(50)45(22-23-54-26(2)3)30-11-7-28(8-12-30)36(49)44-20-18-43(19-21-44)17-15-27-5-9-29(39)10-6-27;;/h5-12,26,31,34H,4,13-25,40H2,1-3H3,(H,41,46)(H,42,48)(H,51,52);2*1H2/t31-,34?;;/m1../s1. The maximum absolute atomic E-state index is 14.2. The van der Waals surface area contributed by atoms with Gasteiger partial charge in [0, 0.05) is 74.3 Å². The van der Waals surface area contributed by atoms with Gasteiger partial charge in [0.25, 0.3) is 5.91 Å². The molecule has 0 saturated carbocycles. The zero-order valence-corrected chi connectivity index (χ0v) is 34.2. The van der Waals surface area contributed by atoms with E-state index < -0.39 is 47.5 Å². The number of halogens is 1. The molecule has 318 valence electrons. The summed E-state index contributed by atoms with van der Waals surface area (Å²) in [7, 11) is 0. The van der Waals surface area contributed by atoms with Crippen LogP contribution in [0.1, 0.15) is 49.5 Å². The molecule has 1 unspecified atom stereocenters. The fourth-order valence-corrected chi connectivity index (χ4v) is 6.64. The normalized spacial score (nSPS) is 13.7. The van der Waals surface area contributed by atoms with E-state index in [-0.39, 0.29) is 67.9 Å². The summed E-state index contributed by atoms with van der Waals surface area (Å²) < 4.78 is 10.7. The van der Waals surface area contributed by atoms with Crippen molar-refractivity contribution in [2.45, 2.75) is 57.4 Å². The number of carboxylic acid groups (broad SMARTS) is 1. The number of hydrogen-bond acceptors (Lipinski definition) is 11. The van der Waals surface area contributed by atoms with E-state index in [2.05, 4.69) is 15.5 Å². The Morgan fingerprint density at radius 2 is 1.61 bits per heavy atom. The Kier molecular flexibility index (Phi) is 23.7. The van der Waals surface area contributed by atoms with Crippen LogP contribution in [0.5, 0.6) is 0 Å². The summed E-state index contributed by atoms with van der Waals surface area (Å²) in [6, 6.07) is 13.3. The highest BCUT2D eigenvalue weighted by atomic mass is 35.5. The smallest absolute Gasteiger partial charge is 0.325 e. The number of aliphatic carboxylic acids is 1. The molecule has 4 amide bonds. The number of esters is 1. The van der Waals surface area contributed by atoms with Crippen LogP contribution in [0.2, 0.25) is 5.02 Å².